The number of pyridine rings is 1. The van der Waals surface area contributed by atoms with Crippen molar-refractivity contribution in [2.75, 3.05) is 13.2 Å². The molecule has 9 heteroatoms. The van der Waals surface area contributed by atoms with Gasteiger partial charge in [0, 0.05) is 28.9 Å². The number of carbonyl (C=O) groups is 1. The first kappa shape index (κ1) is 22.9. The molecule has 0 spiro atoms. The lowest BCUT2D eigenvalue weighted by Crippen LogP contribution is -2.42. The second kappa shape index (κ2) is 8.56. The first-order chi connectivity index (χ1) is 15.0. The first-order valence-electron chi connectivity index (χ1n) is 10.5. The third-order valence-corrected chi connectivity index (χ3v) is 6.24. The van der Waals surface area contributed by atoms with Crippen LogP contribution in [0, 0.1) is 11.8 Å². The van der Waals surface area contributed by atoms with Gasteiger partial charge in [0.05, 0.1) is 23.3 Å². The van der Waals surface area contributed by atoms with Crippen molar-refractivity contribution in [1.29, 1.82) is 0 Å². The lowest BCUT2D eigenvalue weighted by Gasteiger charge is -2.23. The Morgan fingerprint density at radius 1 is 1.22 bits per heavy atom. The summed E-state index contributed by atoms with van der Waals surface area (Å²) >= 11 is 6.24. The van der Waals surface area contributed by atoms with Gasteiger partial charge in [-0.3, -0.25) is 4.79 Å². The molecule has 2 aliphatic rings. The monoisotopic (exact) mass is 468 g/mol. The molecule has 32 heavy (non-hydrogen) atoms. The van der Waals surface area contributed by atoms with Gasteiger partial charge < -0.3 is 15.2 Å². The summed E-state index contributed by atoms with van der Waals surface area (Å²) in [6.45, 7) is 2.13. The Labute approximate surface area is 188 Å². The van der Waals surface area contributed by atoms with Crippen LogP contribution in [-0.4, -0.2) is 34.8 Å². The minimum Gasteiger partial charge on any atom is -0.477 e. The molecule has 4 rings (SSSR count). The highest BCUT2D eigenvalue weighted by atomic mass is 35.5. The van der Waals surface area contributed by atoms with Crippen molar-refractivity contribution in [1.82, 2.24) is 10.3 Å². The SMILES string of the molecule is C[C@](O)(CNC(=O)c1cnc(OCC2CC2)c(-c2cc(C(F)(F)F)ccc2Cl)c1)C1CC1. The number of ether oxygens (including phenoxy) is 1. The van der Waals surface area contributed by atoms with Gasteiger partial charge in [0.15, 0.2) is 0 Å². The van der Waals surface area contributed by atoms with Gasteiger partial charge in [-0.25, -0.2) is 4.98 Å². The molecule has 1 aromatic carbocycles. The van der Waals surface area contributed by atoms with Gasteiger partial charge in [0.2, 0.25) is 5.88 Å². The van der Waals surface area contributed by atoms with Gasteiger partial charge in [0.1, 0.15) is 0 Å². The van der Waals surface area contributed by atoms with Gasteiger partial charge in [-0.2, -0.15) is 13.2 Å². The molecule has 172 valence electrons. The van der Waals surface area contributed by atoms with Crippen molar-refractivity contribution in [3.63, 3.8) is 0 Å². The van der Waals surface area contributed by atoms with Gasteiger partial charge in [-0.05, 0) is 68.7 Å². The van der Waals surface area contributed by atoms with Crippen molar-refractivity contribution >= 4 is 17.5 Å². The summed E-state index contributed by atoms with van der Waals surface area (Å²) in [7, 11) is 0. The van der Waals surface area contributed by atoms with E-state index in [1.54, 1.807) is 6.92 Å². The summed E-state index contributed by atoms with van der Waals surface area (Å²) in [6.07, 6.45) is 0.646. The van der Waals surface area contributed by atoms with Crippen molar-refractivity contribution in [2.45, 2.75) is 44.4 Å². The number of benzene rings is 1. The Morgan fingerprint density at radius 2 is 1.94 bits per heavy atom. The highest BCUT2D eigenvalue weighted by molar-refractivity contribution is 6.33. The minimum absolute atomic E-state index is 0.0656. The van der Waals surface area contributed by atoms with E-state index in [0.29, 0.717) is 12.5 Å². The molecular formula is C23H24ClF3N2O3. The van der Waals surface area contributed by atoms with Gasteiger partial charge in [-0.15, -0.1) is 0 Å². The summed E-state index contributed by atoms with van der Waals surface area (Å²) in [5, 5.41) is 13.2. The van der Waals surface area contributed by atoms with Crippen LogP contribution in [0.1, 0.15) is 48.5 Å². The van der Waals surface area contributed by atoms with Crippen LogP contribution in [0.25, 0.3) is 11.1 Å². The Hall–Kier alpha value is -2.32. The van der Waals surface area contributed by atoms with Crippen LogP contribution >= 0.6 is 11.6 Å². The van der Waals surface area contributed by atoms with Crippen molar-refractivity contribution in [3.05, 3.63) is 46.6 Å². The number of rotatable bonds is 8. The number of carbonyl (C=O) groups excluding carboxylic acids is 1. The maximum atomic E-state index is 13.3. The number of amides is 1. The Bertz CT molecular complexity index is 1020. The van der Waals surface area contributed by atoms with Crippen LogP contribution in [0.2, 0.25) is 5.02 Å². The first-order valence-corrected chi connectivity index (χ1v) is 10.9. The molecule has 2 aromatic rings. The number of nitrogens with zero attached hydrogens (tertiary/aromatic N) is 1. The molecule has 0 aliphatic heterocycles. The van der Waals surface area contributed by atoms with E-state index in [-0.39, 0.29) is 40.1 Å². The maximum absolute atomic E-state index is 13.3. The topological polar surface area (TPSA) is 71.5 Å². The van der Waals surface area contributed by atoms with Crippen LogP contribution in [-0.2, 0) is 6.18 Å². The third-order valence-electron chi connectivity index (χ3n) is 5.91. The fourth-order valence-corrected chi connectivity index (χ4v) is 3.70. The van der Waals surface area contributed by atoms with Gasteiger partial charge in [-0.1, -0.05) is 11.6 Å². The van der Waals surface area contributed by atoms with Crippen LogP contribution in [0.5, 0.6) is 5.88 Å². The van der Waals surface area contributed by atoms with Gasteiger partial charge in [0.25, 0.3) is 5.91 Å². The third kappa shape index (κ3) is 5.35. The van der Waals surface area contributed by atoms with E-state index < -0.39 is 23.2 Å². The smallest absolute Gasteiger partial charge is 0.416 e. The molecule has 2 N–H and O–H groups in total. The number of aliphatic hydroxyl groups is 1. The van der Waals surface area contributed by atoms with Crippen molar-refractivity contribution < 1.29 is 27.8 Å². The lowest BCUT2D eigenvalue weighted by atomic mass is 10.00. The molecule has 1 atom stereocenters. The van der Waals surface area contributed by atoms with E-state index >= 15 is 0 Å². The van der Waals surface area contributed by atoms with E-state index in [1.807, 2.05) is 0 Å². The molecule has 1 amide bonds. The van der Waals surface area contributed by atoms with E-state index in [1.165, 1.54) is 18.3 Å². The van der Waals surface area contributed by atoms with E-state index in [9.17, 15) is 23.1 Å². The standard InChI is InChI=1S/C23H24ClF3N2O3/c1-22(31,15-4-5-15)12-29-20(30)14-8-18(21(28-10-14)32-11-13-2-3-13)17-9-16(23(25,26)27)6-7-19(17)24/h6-10,13,15,31H,2-5,11-12H2,1H3,(H,29,30)/t22-/m0/s1. The predicted octanol–water partition coefficient (Wildman–Crippen LogP) is 5.10. The van der Waals surface area contributed by atoms with Gasteiger partial charge >= 0.3 is 6.18 Å². The molecule has 0 radical (unpaired) electrons. The molecule has 2 fully saturated rings. The number of alkyl halides is 3. The fraction of sp³-hybridized carbons (Fsp3) is 0.478. The molecule has 1 heterocycles. The summed E-state index contributed by atoms with van der Waals surface area (Å²) in [5.41, 5.74) is -1.44. The number of nitrogens with one attached hydrogen (secondary N) is 1. The lowest BCUT2D eigenvalue weighted by molar-refractivity contribution is -0.137. The Morgan fingerprint density at radius 3 is 2.56 bits per heavy atom. The second-order valence-electron chi connectivity index (χ2n) is 8.84. The number of aromatic nitrogens is 1. The minimum atomic E-state index is -4.55. The molecule has 0 saturated heterocycles. The highest BCUT2D eigenvalue weighted by Crippen LogP contribution is 2.40. The zero-order valence-electron chi connectivity index (χ0n) is 17.5. The maximum Gasteiger partial charge on any atom is 0.416 e. The largest absolute Gasteiger partial charge is 0.477 e. The zero-order valence-corrected chi connectivity index (χ0v) is 18.3. The number of hydrogen-bond donors (Lipinski definition) is 2. The summed E-state index contributed by atoms with van der Waals surface area (Å²) in [5.74, 6) is 0.184. The normalized spacial score (nSPS) is 18.2. The molecule has 1 aromatic heterocycles. The Kier molecular flexibility index (Phi) is 6.11. The molecule has 2 aliphatic carbocycles. The molecule has 2 saturated carbocycles. The number of halogens is 4. The number of hydrogen-bond acceptors (Lipinski definition) is 4. The summed E-state index contributed by atoms with van der Waals surface area (Å²) in [4.78, 5) is 16.9. The molecule has 0 unspecified atom stereocenters. The van der Waals surface area contributed by atoms with E-state index in [0.717, 1.165) is 37.8 Å². The molecule has 0 bridgehead atoms. The quantitative estimate of drug-likeness (QED) is 0.565. The second-order valence-corrected chi connectivity index (χ2v) is 9.24. The van der Waals surface area contributed by atoms with Crippen molar-refractivity contribution in [2.24, 2.45) is 11.8 Å². The fourth-order valence-electron chi connectivity index (χ4n) is 3.48. The van der Waals surface area contributed by atoms with Crippen LogP contribution in [0.3, 0.4) is 0 Å². The van der Waals surface area contributed by atoms with E-state index in [4.69, 9.17) is 16.3 Å². The summed E-state index contributed by atoms with van der Waals surface area (Å²) < 4.78 is 45.6. The zero-order chi connectivity index (χ0) is 23.1. The molecule has 5 nitrogen and oxygen atoms in total. The van der Waals surface area contributed by atoms with Crippen LogP contribution < -0.4 is 10.1 Å². The van der Waals surface area contributed by atoms with Crippen LogP contribution in [0.15, 0.2) is 30.5 Å². The van der Waals surface area contributed by atoms with Crippen molar-refractivity contribution in [3.8, 4) is 17.0 Å². The highest BCUT2D eigenvalue weighted by Gasteiger charge is 2.40. The van der Waals surface area contributed by atoms with E-state index in [2.05, 4.69) is 10.3 Å². The summed E-state index contributed by atoms with van der Waals surface area (Å²) in [6, 6.07) is 4.44. The Balaban J connectivity index is 1.64. The average Bonchev–Trinajstić information content (AvgIpc) is 3.63. The molecular weight excluding hydrogens is 445 g/mol. The predicted molar refractivity (Wildman–Crippen MR) is 114 cm³/mol. The average molecular weight is 469 g/mol. The van der Waals surface area contributed by atoms with Crippen LogP contribution in [0.4, 0.5) is 13.2 Å².